The Morgan fingerprint density at radius 1 is 0.931 bits per heavy atom. The number of hydrogen-bond acceptors (Lipinski definition) is 4. The summed E-state index contributed by atoms with van der Waals surface area (Å²) in [7, 11) is 1.51. The second kappa shape index (κ2) is 9.23. The Labute approximate surface area is 170 Å². The van der Waals surface area contributed by atoms with Crippen molar-refractivity contribution in [1.29, 1.82) is 0 Å². The molecule has 0 aliphatic rings. The molecule has 0 heterocycles. The molecular weight excluding hydrogens is 372 g/mol. The Kier molecular flexibility index (Phi) is 6.98. The van der Waals surface area contributed by atoms with Crippen LogP contribution in [-0.4, -0.2) is 36.5 Å². The maximum atomic E-state index is 12.5. The van der Waals surface area contributed by atoms with Gasteiger partial charge in [-0.1, -0.05) is 32.9 Å². The molecule has 1 atom stereocenters. The number of carboxylic acids is 1. The molecule has 29 heavy (non-hydrogen) atoms. The van der Waals surface area contributed by atoms with Gasteiger partial charge in [-0.25, -0.2) is 4.79 Å². The Balaban J connectivity index is 2.08. The molecule has 2 aromatic rings. The van der Waals surface area contributed by atoms with E-state index in [1.807, 2.05) is 20.8 Å². The molecule has 0 aromatic heterocycles. The van der Waals surface area contributed by atoms with Crippen LogP contribution in [-0.2, 0) is 4.79 Å². The standard InChI is InChI=1S/C22H26N2O5/c1-22(2,3)13-23-19(25)15-5-7-16(8-6-15)20(26)24-18(21(27)28)14-9-11-17(29-4)12-10-14/h5-12,18H,13H2,1-4H3,(H,23,25)(H,24,26)(H,27,28). The predicted molar refractivity (Wildman–Crippen MR) is 109 cm³/mol. The summed E-state index contributed by atoms with van der Waals surface area (Å²) >= 11 is 0. The molecule has 0 spiro atoms. The third kappa shape index (κ3) is 6.34. The number of aliphatic carboxylic acids is 1. The van der Waals surface area contributed by atoms with E-state index in [1.165, 1.54) is 31.4 Å². The average molecular weight is 398 g/mol. The van der Waals surface area contributed by atoms with Crippen LogP contribution < -0.4 is 15.4 Å². The number of methoxy groups -OCH3 is 1. The van der Waals surface area contributed by atoms with Crippen LogP contribution in [0.2, 0.25) is 0 Å². The summed E-state index contributed by atoms with van der Waals surface area (Å²) in [6.45, 7) is 6.57. The second-order valence-electron chi connectivity index (χ2n) is 7.84. The zero-order valence-electron chi connectivity index (χ0n) is 17.0. The van der Waals surface area contributed by atoms with E-state index in [1.54, 1.807) is 24.3 Å². The SMILES string of the molecule is COc1ccc(C(NC(=O)c2ccc(C(=O)NCC(C)(C)C)cc2)C(=O)O)cc1. The maximum absolute atomic E-state index is 12.5. The minimum atomic E-state index is -1.21. The minimum absolute atomic E-state index is 0.0389. The molecule has 2 rings (SSSR count). The van der Waals surface area contributed by atoms with Crippen molar-refractivity contribution in [2.75, 3.05) is 13.7 Å². The van der Waals surface area contributed by atoms with Crippen molar-refractivity contribution < 1.29 is 24.2 Å². The number of carbonyl (C=O) groups is 3. The number of carboxylic acid groups (broad SMARTS) is 1. The number of hydrogen-bond donors (Lipinski definition) is 3. The fourth-order valence-electron chi connectivity index (χ4n) is 2.52. The van der Waals surface area contributed by atoms with Gasteiger partial charge < -0.3 is 20.5 Å². The highest BCUT2D eigenvalue weighted by Crippen LogP contribution is 2.19. The smallest absolute Gasteiger partial charge is 0.330 e. The molecule has 0 saturated carbocycles. The third-order valence-electron chi connectivity index (χ3n) is 4.16. The monoisotopic (exact) mass is 398 g/mol. The molecule has 3 N–H and O–H groups in total. The van der Waals surface area contributed by atoms with Crippen LogP contribution in [0, 0.1) is 5.41 Å². The molecule has 7 nitrogen and oxygen atoms in total. The first-order valence-electron chi connectivity index (χ1n) is 9.16. The number of rotatable bonds is 7. The van der Waals surface area contributed by atoms with Crippen LogP contribution in [0.25, 0.3) is 0 Å². The van der Waals surface area contributed by atoms with Crippen molar-refractivity contribution in [2.24, 2.45) is 5.41 Å². The van der Waals surface area contributed by atoms with E-state index in [4.69, 9.17) is 4.74 Å². The summed E-state index contributed by atoms with van der Waals surface area (Å²) in [6, 6.07) is 11.3. The fraction of sp³-hybridized carbons (Fsp3) is 0.318. The van der Waals surface area contributed by atoms with E-state index >= 15 is 0 Å². The maximum Gasteiger partial charge on any atom is 0.330 e. The molecule has 0 radical (unpaired) electrons. The minimum Gasteiger partial charge on any atom is -0.497 e. The lowest BCUT2D eigenvalue weighted by molar-refractivity contribution is -0.139. The van der Waals surface area contributed by atoms with Gasteiger partial charge in [0, 0.05) is 17.7 Å². The largest absolute Gasteiger partial charge is 0.497 e. The van der Waals surface area contributed by atoms with Gasteiger partial charge in [0.25, 0.3) is 11.8 Å². The van der Waals surface area contributed by atoms with Gasteiger partial charge in [-0.15, -0.1) is 0 Å². The highest BCUT2D eigenvalue weighted by atomic mass is 16.5. The molecule has 154 valence electrons. The summed E-state index contributed by atoms with van der Waals surface area (Å²) in [5.41, 5.74) is 1.07. The van der Waals surface area contributed by atoms with Gasteiger partial charge >= 0.3 is 5.97 Å². The molecule has 0 saturated heterocycles. The Hall–Kier alpha value is -3.35. The van der Waals surface area contributed by atoms with Crippen LogP contribution in [0.3, 0.4) is 0 Å². The quantitative estimate of drug-likeness (QED) is 0.665. The first-order chi connectivity index (χ1) is 13.6. The van der Waals surface area contributed by atoms with Crippen molar-refractivity contribution in [3.8, 4) is 5.75 Å². The summed E-state index contributed by atoms with van der Waals surface area (Å²) in [6.07, 6.45) is 0. The lowest BCUT2D eigenvalue weighted by atomic mass is 9.97. The van der Waals surface area contributed by atoms with Crippen LogP contribution >= 0.6 is 0 Å². The first-order valence-corrected chi connectivity index (χ1v) is 9.16. The molecular formula is C22H26N2O5. The van der Waals surface area contributed by atoms with Crippen LogP contribution in [0.4, 0.5) is 0 Å². The van der Waals surface area contributed by atoms with E-state index < -0.39 is 17.9 Å². The number of nitrogens with one attached hydrogen (secondary N) is 2. The van der Waals surface area contributed by atoms with E-state index in [0.717, 1.165) is 0 Å². The molecule has 7 heteroatoms. The number of benzene rings is 2. The third-order valence-corrected chi connectivity index (χ3v) is 4.16. The predicted octanol–water partition coefficient (Wildman–Crippen LogP) is 3.03. The van der Waals surface area contributed by atoms with E-state index in [9.17, 15) is 19.5 Å². The van der Waals surface area contributed by atoms with E-state index in [2.05, 4.69) is 10.6 Å². The topological polar surface area (TPSA) is 105 Å². The zero-order chi connectivity index (χ0) is 21.6. The summed E-state index contributed by atoms with van der Waals surface area (Å²) in [5, 5.41) is 14.8. The highest BCUT2D eigenvalue weighted by molar-refractivity contribution is 5.99. The Morgan fingerprint density at radius 2 is 1.45 bits per heavy atom. The Morgan fingerprint density at radius 3 is 1.90 bits per heavy atom. The zero-order valence-corrected chi connectivity index (χ0v) is 17.0. The average Bonchev–Trinajstić information content (AvgIpc) is 2.69. The first kappa shape index (κ1) is 21.9. The van der Waals surface area contributed by atoms with Crippen LogP contribution in [0.5, 0.6) is 5.75 Å². The molecule has 0 bridgehead atoms. The van der Waals surface area contributed by atoms with E-state index in [0.29, 0.717) is 23.4 Å². The normalized spacial score (nSPS) is 12.0. The summed E-state index contributed by atoms with van der Waals surface area (Å²) in [5.74, 6) is -1.37. The number of ether oxygens (including phenoxy) is 1. The van der Waals surface area contributed by atoms with Gasteiger partial charge in [-0.2, -0.15) is 0 Å². The second-order valence-corrected chi connectivity index (χ2v) is 7.84. The van der Waals surface area contributed by atoms with Crippen molar-refractivity contribution in [2.45, 2.75) is 26.8 Å². The molecule has 0 fully saturated rings. The van der Waals surface area contributed by atoms with Gasteiger partial charge in [0.1, 0.15) is 5.75 Å². The van der Waals surface area contributed by atoms with Crippen molar-refractivity contribution in [3.05, 3.63) is 65.2 Å². The van der Waals surface area contributed by atoms with Crippen LogP contribution in [0.15, 0.2) is 48.5 Å². The number of carbonyl (C=O) groups excluding carboxylic acids is 2. The fourth-order valence-corrected chi connectivity index (χ4v) is 2.52. The van der Waals surface area contributed by atoms with Crippen molar-refractivity contribution in [3.63, 3.8) is 0 Å². The van der Waals surface area contributed by atoms with Gasteiger partial charge in [-0.05, 0) is 47.4 Å². The lowest BCUT2D eigenvalue weighted by Crippen LogP contribution is -2.34. The highest BCUT2D eigenvalue weighted by Gasteiger charge is 2.23. The van der Waals surface area contributed by atoms with Crippen molar-refractivity contribution in [1.82, 2.24) is 10.6 Å². The molecule has 2 aromatic carbocycles. The molecule has 0 aliphatic carbocycles. The Bertz CT molecular complexity index is 868. The number of amides is 2. The molecule has 1 unspecified atom stereocenters. The summed E-state index contributed by atoms with van der Waals surface area (Å²) in [4.78, 5) is 36.3. The van der Waals surface area contributed by atoms with Crippen molar-refractivity contribution >= 4 is 17.8 Å². The van der Waals surface area contributed by atoms with Gasteiger partial charge in [0.05, 0.1) is 7.11 Å². The molecule has 2 amide bonds. The van der Waals surface area contributed by atoms with E-state index in [-0.39, 0.29) is 16.9 Å². The van der Waals surface area contributed by atoms with Crippen LogP contribution in [0.1, 0.15) is 53.1 Å². The van der Waals surface area contributed by atoms with Gasteiger partial charge in [0.15, 0.2) is 6.04 Å². The lowest BCUT2D eigenvalue weighted by Gasteiger charge is -2.18. The van der Waals surface area contributed by atoms with Gasteiger partial charge in [0.2, 0.25) is 0 Å². The summed E-state index contributed by atoms with van der Waals surface area (Å²) < 4.78 is 5.06. The molecule has 0 aliphatic heterocycles. The van der Waals surface area contributed by atoms with Gasteiger partial charge in [-0.3, -0.25) is 9.59 Å².